The Morgan fingerprint density at radius 2 is 1.79 bits per heavy atom. The van der Waals surface area contributed by atoms with Crippen molar-refractivity contribution < 1.29 is 22.7 Å². The van der Waals surface area contributed by atoms with Crippen LogP contribution in [0.15, 0.2) is 48.5 Å². The fourth-order valence-electron chi connectivity index (χ4n) is 3.51. The van der Waals surface area contributed by atoms with E-state index in [1.165, 1.54) is 18.5 Å². The average Bonchev–Trinajstić information content (AvgIpc) is 2.73. The zero-order chi connectivity index (χ0) is 20.1. The molecule has 0 amide bonds. The van der Waals surface area contributed by atoms with Gasteiger partial charge in [-0.15, -0.1) is 0 Å². The van der Waals surface area contributed by atoms with Gasteiger partial charge in [-0.2, -0.15) is 0 Å². The van der Waals surface area contributed by atoms with Gasteiger partial charge in [-0.05, 0) is 36.6 Å². The molecule has 28 heavy (non-hydrogen) atoms. The van der Waals surface area contributed by atoms with Crippen LogP contribution in [0.3, 0.4) is 0 Å². The number of nitrogens with zero attached hydrogens (tertiary/aromatic N) is 1. The van der Waals surface area contributed by atoms with E-state index in [0.717, 1.165) is 5.56 Å². The van der Waals surface area contributed by atoms with E-state index in [0.29, 0.717) is 36.4 Å². The van der Waals surface area contributed by atoms with Crippen LogP contribution in [-0.2, 0) is 15.8 Å². The normalized spacial score (nSPS) is 17.9. The lowest BCUT2D eigenvalue weighted by Crippen LogP contribution is -2.42. The highest BCUT2D eigenvalue weighted by Crippen LogP contribution is 2.30. The summed E-state index contributed by atoms with van der Waals surface area (Å²) >= 11 is 0. The number of carbonyl (C=O) groups excluding carboxylic acids is 1. The Kier molecular flexibility index (Phi) is 6.36. The van der Waals surface area contributed by atoms with Gasteiger partial charge in [0.25, 0.3) is 0 Å². The van der Waals surface area contributed by atoms with Crippen LogP contribution in [-0.4, -0.2) is 45.8 Å². The predicted molar refractivity (Wildman–Crippen MR) is 107 cm³/mol. The molecule has 1 atom stereocenters. The molecular weight excluding hydrogens is 378 g/mol. The molecular formula is C21H25NO5S. The molecule has 1 unspecified atom stereocenters. The van der Waals surface area contributed by atoms with Crippen LogP contribution >= 0.6 is 0 Å². The monoisotopic (exact) mass is 403 g/mol. The van der Waals surface area contributed by atoms with E-state index in [1.807, 2.05) is 18.2 Å². The molecule has 1 heterocycles. The van der Waals surface area contributed by atoms with Gasteiger partial charge in [0.15, 0.2) is 17.3 Å². The molecule has 1 saturated heterocycles. The maximum atomic E-state index is 13.0. The van der Waals surface area contributed by atoms with Crippen molar-refractivity contribution in [3.05, 3.63) is 59.7 Å². The van der Waals surface area contributed by atoms with Crippen molar-refractivity contribution in [1.82, 2.24) is 4.31 Å². The van der Waals surface area contributed by atoms with Gasteiger partial charge in [-0.25, -0.2) is 12.7 Å². The van der Waals surface area contributed by atoms with Crippen molar-refractivity contribution in [2.75, 3.05) is 27.3 Å². The summed E-state index contributed by atoms with van der Waals surface area (Å²) in [6, 6.07) is 14.1. The van der Waals surface area contributed by atoms with E-state index in [9.17, 15) is 13.2 Å². The third-order valence-electron chi connectivity index (χ3n) is 5.01. The van der Waals surface area contributed by atoms with Crippen molar-refractivity contribution in [3.8, 4) is 11.5 Å². The Morgan fingerprint density at radius 1 is 1.07 bits per heavy atom. The van der Waals surface area contributed by atoms with Crippen LogP contribution in [0.25, 0.3) is 0 Å². The number of piperidine rings is 1. The number of ether oxygens (including phenoxy) is 2. The maximum absolute atomic E-state index is 13.0. The fraction of sp³-hybridized carbons (Fsp3) is 0.381. The van der Waals surface area contributed by atoms with Crippen LogP contribution < -0.4 is 9.47 Å². The number of benzene rings is 2. The van der Waals surface area contributed by atoms with Crippen molar-refractivity contribution in [2.24, 2.45) is 5.92 Å². The molecule has 0 aliphatic carbocycles. The molecule has 6 nitrogen and oxygen atoms in total. The summed E-state index contributed by atoms with van der Waals surface area (Å²) in [5.41, 5.74) is 1.25. The third kappa shape index (κ3) is 4.54. The van der Waals surface area contributed by atoms with E-state index in [1.54, 1.807) is 30.3 Å². The highest BCUT2D eigenvalue weighted by atomic mass is 32.2. The van der Waals surface area contributed by atoms with Crippen LogP contribution in [0.5, 0.6) is 11.5 Å². The lowest BCUT2D eigenvalue weighted by Gasteiger charge is -2.31. The Hall–Kier alpha value is -2.38. The maximum Gasteiger partial charge on any atom is 0.218 e. The number of methoxy groups -OCH3 is 2. The quantitative estimate of drug-likeness (QED) is 0.664. The summed E-state index contributed by atoms with van der Waals surface area (Å²) in [6.45, 7) is 0.660. The molecule has 7 heteroatoms. The topological polar surface area (TPSA) is 72.9 Å². The van der Waals surface area contributed by atoms with E-state index in [2.05, 4.69) is 0 Å². The Balaban J connectivity index is 1.75. The predicted octanol–water partition coefficient (Wildman–Crippen LogP) is 3.13. The van der Waals surface area contributed by atoms with Crippen LogP contribution in [0.2, 0.25) is 0 Å². The SMILES string of the molecule is COc1ccc(C(=O)C2CCCN(S(=O)(=O)Cc3ccccc3)C2)cc1OC. The summed E-state index contributed by atoms with van der Waals surface area (Å²) in [4.78, 5) is 13.0. The van der Waals surface area contributed by atoms with Crippen molar-refractivity contribution in [3.63, 3.8) is 0 Å². The van der Waals surface area contributed by atoms with Crippen LogP contribution in [0.1, 0.15) is 28.8 Å². The summed E-state index contributed by atoms with van der Waals surface area (Å²) in [5.74, 6) is 0.552. The van der Waals surface area contributed by atoms with Gasteiger partial charge in [0.05, 0.1) is 20.0 Å². The zero-order valence-electron chi connectivity index (χ0n) is 16.1. The fourth-order valence-corrected chi connectivity index (χ4v) is 5.12. The van der Waals surface area contributed by atoms with Gasteiger partial charge >= 0.3 is 0 Å². The first kappa shape index (κ1) is 20.4. The molecule has 3 rings (SSSR count). The van der Waals surface area contributed by atoms with E-state index in [4.69, 9.17) is 9.47 Å². The van der Waals surface area contributed by atoms with Crippen LogP contribution in [0.4, 0.5) is 0 Å². The number of ketones is 1. The van der Waals surface area contributed by atoms with Gasteiger partial charge in [0.1, 0.15) is 0 Å². The minimum atomic E-state index is -3.47. The van der Waals surface area contributed by atoms with Crippen molar-refractivity contribution in [1.29, 1.82) is 0 Å². The number of carbonyl (C=O) groups is 1. The standard InChI is InChI=1S/C21H25NO5S/c1-26-19-11-10-17(13-20(19)27-2)21(23)18-9-6-12-22(14-18)28(24,25)15-16-7-4-3-5-8-16/h3-5,7-8,10-11,13,18H,6,9,12,14-15H2,1-2H3. The van der Waals surface area contributed by atoms with Gasteiger partial charge in [-0.1, -0.05) is 30.3 Å². The van der Waals surface area contributed by atoms with Gasteiger partial charge < -0.3 is 9.47 Å². The largest absolute Gasteiger partial charge is 0.493 e. The summed E-state index contributed by atoms with van der Waals surface area (Å²) in [6.07, 6.45) is 1.34. The van der Waals surface area contributed by atoms with E-state index >= 15 is 0 Å². The minimum absolute atomic E-state index is 0.0505. The molecule has 0 spiro atoms. The molecule has 150 valence electrons. The second-order valence-electron chi connectivity index (χ2n) is 6.87. The number of hydrogen-bond donors (Lipinski definition) is 0. The lowest BCUT2D eigenvalue weighted by atomic mass is 9.91. The van der Waals surface area contributed by atoms with Crippen molar-refractivity contribution >= 4 is 15.8 Å². The highest BCUT2D eigenvalue weighted by molar-refractivity contribution is 7.88. The summed E-state index contributed by atoms with van der Waals surface area (Å²) in [5, 5.41) is 0. The van der Waals surface area contributed by atoms with Gasteiger partial charge in [-0.3, -0.25) is 4.79 Å². The Bertz CT molecular complexity index is 927. The number of sulfonamides is 1. The molecule has 1 aliphatic rings. The molecule has 2 aromatic rings. The summed E-state index contributed by atoms with van der Waals surface area (Å²) in [7, 11) is -0.416. The number of rotatable bonds is 7. The third-order valence-corrected chi connectivity index (χ3v) is 6.82. The first-order chi connectivity index (χ1) is 13.4. The molecule has 0 aromatic heterocycles. The Morgan fingerprint density at radius 3 is 2.46 bits per heavy atom. The minimum Gasteiger partial charge on any atom is -0.493 e. The van der Waals surface area contributed by atoms with Gasteiger partial charge in [0.2, 0.25) is 10.0 Å². The summed E-state index contributed by atoms with van der Waals surface area (Å²) < 4.78 is 37.6. The molecule has 0 bridgehead atoms. The second-order valence-corrected chi connectivity index (χ2v) is 8.84. The highest BCUT2D eigenvalue weighted by Gasteiger charge is 2.33. The van der Waals surface area contributed by atoms with Gasteiger partial charge in [0, 0.05) is 24.6 Å². The number of hydrogen-bond acceptors (Lipinski definition) is 5. The zero-order valence-corrected chi connectivity index (χ0v) is 16.9. The molecule has 0 saturated carbocycles. The first-order valence-corrected chi connectivity index (χ1v) is 10.8. The average molecular weight is 404 g/mol. The Labute approximate surface area is 166 Å². The second kappa shape index (κ2) is 8.75. The van der Waals surface area contributed by atoms with Crippen LogP contribution in [0, 0.1) is 5.92 Å². The van der Waals surface area contributed by atoms with E-state index < -0.39 is 10.0 Å². The molecule has 2 aromatic carbocycles. The molecule has 0 N–H and O–H groups in total. The first-order valence-electron chi connectivity index (χ1n) is 9.22. The molecule has 0 radical (unpaired) electrons. The lowest BCUT2D eigenvalue weighted by molar-refractivity contribution is 0.0872. The molecule has 1 aliphatic heterocycles. The van der Waals surface area contributed by atoms with Crippen molar-refractivity contribution in [2.45, 2.75) is 18.6 Å². The van der Waals surface area contributed by atoms with E-state index in [-0.39, 0.29) is 24.0 Å². The number of Topliss-reactive ketones (excluding diaryl/α,β-unsaturated/α-hetero) is 1. The molecule has 1 fully saturated rings. The smallest absolute Gasteiger partial charge is 0.218 e.